The van der Waals surface area contributed by atoms with Crippen LogP contribution in [-0.4, -0.2) is 67.5 Å². The molecule has 0 unspecified atom stereocenters. The zero-order valence-corrected chi connectivity index (χ0v) is 18.9. The molecule has 2 rings (SSSR count). The monoisotopic (exact) mass is 416 g/mol. The lowest BCUT2D eigenvalue weighted by Gasteiger charge is -2.59. The number of esters is 1. The number of hydrogen-bond donors (Lipinski definition) is 1. The van der Waals surface area contributed by atoms with Crippen LogP contribution >= 0.6 is 11.6 Å². The highest BCUT2D eigenvalue weighted by atomic mass is 35.5. The van der Waals surface area contributed by atoms with E-state index in [4.69, 9.17) is 26.8 Å². The van der Waals surface area contributed by atoms with Crippen LogP contribution in [0, 0.1) is 10.8 Å². The number of nitrogens with two attached hydrogens (primary N) is 1. The van der Waals surface area contributed by atoms with E-state index in [2.05, 4.69) is 11.9 Å². The lowest BCUT2D eigenvalue weighted by atomic mass is 9.57. The topological polar surface area (TPSA) is 81.9 Å². The molecule has 1 aliphatic heterocycles. The van der Waals surface area contributed by atoms with Crippen molar-refractivity contribution in [2.75, 3.05) is 39.7 Å². The van der Waals surface area contributed by atoms with Crippen molar-refractivity contribution in [2.24, 2.45) is 16.6 Å². The third-order valence-electron chi connectivity index (χ3n) is 7.19. The number of nitrogens with zero attached hydrogens (tertiary/aromatic N) is 1. The molecular formula is C21H37ClN2O4. The molecule has 2 aliphatic rings. The van der Waals surface area contributed by atoms with Crippen LogP contribution in [-0.2, 0) is 19.1 Å². The quantitative estimate of drug-likeness (QED) is 0.432. The largest absolute Gasteiger partial charge is 0.463 e. The summed E-state index contributed by atoms with van der Waals surface area (Å²) in [6.07, 6.45) is 4.26. The molecule has 162 valence electrons. The van der Waals surface area contributed by atoms with Crippen LogP contribution in [0.2, 0.25) is 0 Å². The van der Waals surface area contributed by atoms with E-state index in [0.29, 0.717) is 25.3 Å². The van der Waals surface area contributed by atoms with Gasteiger partial charge in [0.2, 0.25) is 0 Å². The SMILES string of the molecule is CO[C@]1(C)CCCN(C)C2(COC(=O)C(C)(C)C(=O)CC1)CC(CN)(CCl)C2. The summed E-state index contributed by atoms with van der Waals surface area (Å²) in [5.41, 5.74) is 4.05. The minimum atomic E-state index is -1.16. The van der Waals surface area contributed by atoms with Crippen molar-refractivity contribution in [1.29, 1.82) is 0 Å². The summed E-state index contributed by atoms with van der Waals surface area (Å²) in [4.78, 5) is 27.8. The van der Waals surface area contributed by atoms with Crippen molar-refractivity contribution in [1.82, 2.24) is 4.90 Å². The van der Waals surface area contributed by atoms with Crippen molar-refractivity contribution in [2.45, 2.75) is 70.4 Å². The molecule has 1 saturated heterocycles. The highest BCUT2D eigenvalue weighted by Gasteiger charge is 2.56. The Kier molecular flexibility index (Phi) is 7.23. The average molecular weight is 417 g/mol. The van der Waals surface area contributed by atoms with Crippen LogP contribution in [0.1, 0.15) is 59.3 Å². The average Bonchev–Trinajstić information content (AvgIpc) is 2.65. The maximum atomic E-state index is 12.8. The molecule has 2 fully saturated rings. The van der Waals surface area contributed by atoms with Gasteiger partial charge in [0, 0.05) is 19.4 Å². The molecule has 7 heteroatoms. The van der Waals surface area contributed by atoms with E-state index in [1.807, 2.05) is 6.92 Å². The molecule has 0 amide bonds. The van der Waals surface area contributed by atoms with Crippen molar-refractivity contribution in [3.05, 3.63) is 0 Å². The van der Waals surface area contributed by atoms with Gasteiger partial charge in [-0.25, -0.2) is 0 Å². The molecule has 0 bridgehead atoms. The van der Waals surface area contributed by atoms with Crippen molar-refractivity contribution < 1.29 is 19.1 Å². The predicted molar refractivity (Wildman–Crippen MR) is 110 cm³/mol. The Bertz CT molecular complexity index is 583. The Labute approximate surface area is 174 Å². The molecule has 2 N–H and O–H groups in total. The Morgan fingerprint density at radius 3 is 2.39 bits per heavy atom. The smallest absolute Gasteiger partial charge is 0.319 e. The molecule has 1 saturated carbocycles. The Balaban J connectivity index is 2.26. The van der Waals surface area contributed by atoms with Crippen molar-refractivity contribution in [3.63, 3.8) is 0 Å². The summed E-state index contributed by atoms with van der Waals surface area (Å²) < 4.78 is 11.4. The van der Waals surface area contributed by atoms with E-state index in [-0.39, 0.29) is 28.9 Å². The van der Waals surface area contributed by atoms with E-state index in [9.17, 15) is 9.59 Å². The Morgan fingerprint density at radius 2 is 1.86 bits per heavy atom. The molecule has 0 radical (unpaired) electrons. The van der Waals surface area contributed by atoms with Gasteiger partial charge in [0.15, 0.2) is 0 Å². The molecule has 28 heavy (non-hydrogen) atoms. The van der Waals surface area contributed by atoms with E-state index >= 15 is 0 Å². The second-order valence-electron chi connectivity index (χ2n) is 9.72. The van der Waals surface area contributed by atoms with Crippen molar-refractivity contribution in [3.8, 4) is 0 Å². The second kappa shape index (κ2) is 8.58. The maximum absolute atomic E-state index is 12.8. The first kappa shape index (κ1) is 23.6. The van der Waals surface area contributed by atoms with Gasteiger partial charge in [0.25, 0.3) is 0 Å². The molecule has 1 aliphatic carbocycles. The van der Waals surface area contributed by atoms with E-state index in [1.54, 1.807) is 21.0 Å². The standard InChI is InChI=1S/C21H37ClN2O4/c1-18(2)16(25)7-9-19(3,27-5)8-6-10-24(4)21(15-28-17(18)26)11-20(12-21,13-22)14-23/h6-15,23H2,1-5H3/t19-,20?,21?/m1/s1. The van der Waals surface area contributed by atoms with Gasteiger partial charge in [0.05, 0.1) is 11.1 Å². The number of carbonyl (C=O) groups excluding carboxylic acids is 2. The number of Topliss-reactive ketones (excluding diaryl/α,β-unsaturated/α-hetero) is 1. The first-order chi connectivity index (χ1) is 13.0. The summed E-state index contributed by atoms with van der Waals surface area (Å²) in [7, 11) is 3.76. The highest BCUT2D eigenvalue weighted by Crippen LogP contribution is 2.52. The van der Waals surface area contributed by atoms with Gasteiger partial charge in [-0.15, -0.1) is 11.6 Å². The number of hydrogen-bond acceptors (Lipinski definition) is 6. The highest BCUT2D eigenvalue weighted by molar-refractivity contribution is 6.18. The van der Waals surface area contributed by atoms with E-state index < -0.39 is 11.4 Å². The van der Waals surface area contributed by atoms with Gasteiger partial charge < -0.3 is 15.2 Å². The maximum Gasteiger partial charge on any atom is 0.319 e. The van der Waals surface area contributed by atoms with Crippen molar-refractivity contribution >= 4 is 23.4 Å². The number of rotatable bonds is 3. The molecule has 0 aromatic carbocycles. The number of cyclic esters (lactones) is 1. The second-order valence-corrected chi connectivity index (χ2v) is 9.99. The number of alkyl halides is 1. The summed E-state index contributed by atoms with van der Waals surface area (Å²) in [5.74, 6) is -0.0634. The predicted octanol–water partition coefficient (Wildman–Crippen LogP) is 2.75. The van der Waals surface area contributed by atoms with Crippen LogP contribution in [0.3, 0.4) is 0 Å². The summed E-state index contributed by atoms with van der Waals surface area (Å²) in [6, 6.07) is 0. The summed E-state index contributed by atoms with van der Waals surface area (Å²) in [6.45, 7) is 6.99. The fraction of sp³-hybridized carbons (Fsp3) is 0.905. The first-order valence-corrected chi connectivity index (χ1v) is 10.7. The molecule has 0 aromatic heterocycles. The van der Waals surface area contributed by atoms with E-state index in [1.165, 1.54) is 0 Å². The van der Waals surface area contributed by atoms with Gasteiger partial charge in [0.1, 0.15) is 17.8 Å². The third-order valence-corrected chi connectivity index (χ3v) is 7.75. The van der Waals surface area contributed by atoms with Crippen LogP contribution < -0.4 is 5.73 Å². The minimum Gasteiger partial charge on any atom is -0.463 e. The van der Waals surface area contributed by atoms with E-state index in [0.717, 1.165) is 32.2 Å². The fourth-order valence-electron chi connectivity index (χ4n) is 4.56. The Morgan fingerprint density at radius 1 is 1.21 bits per heavy atom. The number of ketones is 1. The van der Waals surface area contributed by atoms with Gasteiger partial charge in [-0.05, 0) is 78.4 Å². The lowest BCUT2D eigenvalue weighted by Crippen LogP contribution is -2.66. The van der Waals surface area contributed by atoms with Gasteiger partial charge in [-0.3, -0.25) is 14.5 Å². The number of likely N-dealkylation sites (N-methyl/N-ethyl adjacent to an activating group) is 1. The zero-order chi connectivity index (χ0) is 21.2. The number of methoxy groups -OCH3 is 1. The normalized spacial score (nSPS) is 38.1. The van der Waals surface area contributed by atoms with Crippen LogP contribution in [0.4, 0.5) is 0 Å². The molecule has 0 aromatic rings. The molecule has 1 atom stereocenters. The summed E-state index contributed by atoms with van der Waals surface area (Å²) >= 11 is 6.19. The minimum absolute atomic E-state index is 0.104. The Hall–Kier alpha value is -0.690. The molecule has 1 heterocycles. The molecule has 1 spiro atoms. The van der Waals surface area contributed by atoms with Gasteiger partial charge >= 0.3 is 5.97 Å². The van der Waals surface area contributed by atoms with Crippen LogP contribution in [0.5, 0.6) is 0 Å². The number of ether oxygens (including phenoxy) is 2. The number of carbonyl (C=O) groups is 2. The summed E-state index contributed by atoms with van der Waals surface area (Å²) in [5, 5.41) is 0. The fourth-order valence-corrected chi connectivity index (χ4v) is 4.86. The lowest BCUT2D eigenvalue weighted by molar-refractivity contribution is -0.169. The zero-order valence-electron chi connectivity index (χ0n) is 18.1. The molecular weight excluding hydrogens is 380 g/mol. The van der Waals surface area contributed by atoms with Crippen LogP contribution in [0.15, 0.2) is 0 Å². The first-order valence-electron chi connectivity index (χ1n) is 10.2. The number of halogens is 1. The van der Waals surface area contributed by atoms with Crippen LogP contribution in [0.25, 0.3) is 0 Å². The third kappa shape index (κ3) is 4.55. The molecule has 6 nitrogen and oxygen atoms in total. The van der Waals surface area contributed by atoms with Gasteiger partial charge in [-0.1, -0.05) is 0 Å². The van der Waals surface area contributed by atoms with Gasteiger partial charge in [-0.2, -0.15) is 0 Å².